The Morgan fingerprint density at radius 3 is 2.71 bits per heavy atom. The lowest BCUT2D eigenvalue weighted by molar-refractivity contribution is -0.385. The fourth-order valence-corrected chi connectivity index (χ4v) is 1.81. The van der Waals surface area contributed by atoms with Gasteiger partial charge in [-0.05, 0) is 12.1 Å². The number of nitro groups is 1. The third-order valence-corrected chi connectivity index (χ3v) is 3.22. The van der Waals surface area contributed by atoms with E-state index in [0.717, 1.165) is 12.3 Å². The summed E-state index contributed by atoms with van der Waals surface area (Å²) in [6.07, 6.45) is 0.803. The quantitative estimate of drug-likeness (QED) is 0.676. The molecular formula is C12H6Cl2N2O5. The molecule has 7 nitrogen and oxygen atoms in total. The second-order valence-electron chi connectivity index (χ2n) is 3.76. The molecule has 0 amide bonds. The molecule has 1 aromatic carbocycles. The molecule has 0 unspecified atom stereocenters. The van der Waals surface area contributed by atoms with Crippen LogP contribution in [-0.4, -0.2) is 21.0 Å². The van der Waals surface area contributed by atoms with Crippen LogP contribution in [0.2, 0.25) is 10.0 Å². The van der Waals surface area contributed by atoms with Crippen molar-refractivity contribution in [3.63, 3.8) is 0 Å². The first kappa shape index (κ1) is 15.0. The summed E-state index contributed by atoms with van der Waals surface area (Å²) in [5.74, 6) is -1.46. The molecule has 21 heavy (non-hydrogen) atoms. The molecule has 9 heteroatoms. The SMILES string of the molecule is O=C(O)c1cc(Oc2cccc(Cl)c2Cl)ncc1[N+](=O)[O-]. The molecule has 0 atom stereocenters. The lowest BCUT2D eigenvalue weighted by atomic mass is 10.2. The van der Waals surface area contributed by atoms with Crippen molar-refractivity contribution in [3.8, 4) is 11.6 Å². The van der Waals surface area contributed by atoms with E-state index in [1.165, 1.54) is 6.07 Å². The van der Waals surface area contributed by atoms with Gasteiger partial charge in [-0.15, -0.1) is 0 Å². The van der Waals surface area contributed by atoms with E-state index in [0.29, 0.717) is 0 Å². The monoisotopic (exact) mass is 328 g/mol. The highest BCUT2D eigenvalue weighted by Gasteiger charge is 2.22. The minimum Gasteiger partial charge on any atom is -0.477 e. The Balaban J connectivity index is 2.42. The van der Waals surface area contributed by atoms with Crippen LogP contribution in [0.4, 0.5) is 5.69 Å². The lowest BCUT2D eigenvalue weighted by Gasteiger charge is -2.08. The van der Waals surface area contributed by atoms with Crippen LogP contribution < -0.4 is 4.74 Å². The molecule has 0 saturated heterocycles. The Kier molecular flexibility index (Phi) is 4.25. The minimum atomic E-state index is -1.47. The van der Waals surface area contributed by atoms with Crippen LogP contribution in [-0.2, 0) is 0 Å². The highest BCUT2D eigenvalue weighted by atomic mass is 35.5. The Bertz CT molecular complexity index is 736. The highest BCUT2D eigenvalue weighted by molar-refractivity contribution is 6.42. The molecule has 0 saturated carbocycles. The van der Waals surface area contributed by atoms with E-state index < -0.39 is 22.1 Å². The first-order chi connectivity index (χ1) is 9.90. The number of pyridine rings is 1. The van der Waals surface area contributed by atoms with Gasteiger partial charge in [0.2, 0.25) is 5.88 Å². The van der Waals surface area contributed by atoms with Crippen molar-refractivity contribution in [2.24, 2.45) is 0 Å². The maximum absolute atomic E-state index is 11.0. The molecule has 0 bridgehead atoms. The van der Waals surface area contributed by atoms with Gasteiger partial charge in [0.25, 0.3) is 0 Å². The fourth-order valence-electron chi connectivity index (χ4n) is 1.48. The van der Waals surface area contributed by atoms with Crippen molar-refractivity contribution in [1.82, 2.24) is 4.98 Å². The first-order valence-corrected chi connectivity index (χ1v) is 6.15. The number of carboxylic acid groups (broad SMARTS) is 1. The zero-order chi connectivity index (χ0) is 15.6. The normalized spacial score (nSPS) is 10.2. The van der Waals surface area contributed by atoms with E-state index in [1.54, 1.807) is 12.1 Å². The van der Waals surface area contributed by atoms with Gasteiger partial charge in [-0.2, -0.15) is 0 Å². The Morgan fingerprint density at radius 1 is 1.38 bits per heavy atom. The predicted molar refractivity (Wildman–Crippen MR) is 74.4 cm³/mol. The predicted octanol–water partition coefficient (Wildman–Crippen LogP) is 3.79. The summed E-state index contributed by atoms with van der Waals surface area (Å²) in [7, 11) is 0. The van der Waals surface area contributed by atoms with E-state index in [4.69, 9.17) is 33.0 Å². The van der Waals surface area contributed by atoms with Crippen LogP contribution in [0.15, 0.2) is 30.5 Å². The second kappa shape index (κ2) is 5.94. The smallest absolute Gasteiger partial charge is 0.342 e. The van der Waals surface area contributed by atoms with Gasteiger partial charge in [-0.25, -0.2) is 9.78 Å². The van der Waals surface area contributed by atoms with Crippen molar-refractivity contribution in [1.29, 1.82) is 0 Å². The van der Waals surface area contributed by atoms with Gasteiger partial charge in [0, 0.05) is 6.07 Å². The molecule has 1 N–H and O–H groups in total. The fraction of sp³-hybridized carbons (Fsp3) is 0. The second-order valence-corrected chi connectivity index (χ2v) is 4.54. The van der Waals surface area contributed by atoms with E-state index in [1.807, 2.05) is 0 Å². The van der Waals surface area contributed by atoms with Crippen LogP contribution >= 0.6 is 23.2 Å². The average molecular weight is 329 g/mol. The summed E-state index contributed by atoms with van der Waals surface area (Å²) in [6.45, 7) is 0. The number of aromatic carboxylic acids is 1. The molecule has 108 valence electrons. The molecule has 0 aliphatic carbocycles. The number of rotatable bonds is 4. The largest absolute Gasteiger partial charge is 0.477 e. The maximum atomic E-state index is 11.0. The van der Waals surface area contributed by atoms with Crippen LogP contribution in [0, 0.1) is 10.1 Å². The average Bonchev–Trinajstić information content (AvgIpc) is 2.43. The summed E-state index contributed by atoms with van der Waals surface area (Å²) in [6, 6.07) is 5.56. The van der Waals surface area contributed by atoms with Gasteiger partial charge in [-0.3, -0.25) is 10.1 Å². The molecule has 0 fully saturated rings. The standard InChI is InChI=1S/C12H6Cl2N2O5/c13-7-2-1-3-9(11(7)14)21-10-4-6(12(17)18)8(5-15-10)16(19)20/h1-5H,(H,17,18). The number of hydrogen-bond acceptors (Lipinski definition) is 5. The maximum Gasteiger partial charge on any atom is 0.342 e. The topological polar surface area (TPSA) is 103 Å². The number of aromatic nitrogens is 1. The number of carboxylic acids is 1. The molecule has 1 heterocycles. The van der Waals surface area contributed by atoms with Gasteiger partial charge in [0.05, 0.1) is 9.95 Å². The Labute approximate surface area is 127 Å². The van der Waals surface area contributed by atoms with Gasteiger partial charge >= 0.3 is 11.7 Å². The highest BCUT2D eigenvalue weighted by Crippen LogP contribution is 2.34. The summed E-state index contributed by atoms with van der Waals surface area (Å²) in [5, 5.41) is 20.1. The number of halogens is 2. The lowest BCUT2D eigenvalue weighted by Crippen LogP contribution is -2.04. The summed E-state index contributed by atoms with van der Waals surface area (Å²) >= 11 is 11.7. The number of ether oxygens (including phenoxy) is 1. The summed E-state index contributed by atoms with van der Waals surface area (Å²) in [5.41, 5.74) is -1.17. The van der Waals surface area contributed by atoms with Crippen LogP contribution in [0.1, 0.15) is 10.4 Å². The minimum absolute atomic E-state index is 0.121. The molecule has 2 rings (SSSR count). The van der Waals surface area contributed by atoms with E-state index in [-0.39, 0.29) is 21.7 Å². The van der Waals surface area contributed by atoms with Gasteiger partial charge < -0.3 is 9.84 Å². The number of benzene rings is 1. The van der Waals surface area contributed by atoms with Gasteiger partial charge in [-0.1, -0.05) is 29.3 Å². The van der Waals surface area contributed by atoms with Crippen molar-refractivity contribution in [2.45, 2.75) is 0 Å². The first-order valence-electron chi connectivity index (χ1n) is 5.39. The van der Waals surface area contributed by atoms with Crippen molar-refractivity contribution in [2.75, 3.05) is 0 Å². The van der Waals surface area contributed by atoms with Crippen molar-refractivity contribution < 1.29 is 19.6 Å². The Hall–Kier alpha value is -2.38. The van der Waals surface area contributed by atoms with Crippen molar-refractivity contribution >= 4 is 34.9 Å². The van der Waals surface area contributed by atoms with E-state index >= 15 is 0 Å². The molecule has 0 spiro atoms. The van der Waals surface area contributed by atoms with E-state index in [2.05, 4.69) is 4.98 Å². The van der Waals surface area contributed by atoms with E-state index in [9.17, 15) is 14.9 Å². The van der Waals surface area contributed by atoms with Crippen LogP contribution in [0.3, 0.4) is 0 Å². The number of nitrogens with zero attached hydrogens (tertiary/aromatic N) is 2. The summed E-state index contributed by atoms with van der Waals surface area (Å²) < 4.78 is 5.30. The van der Waals surface area contributed by atoms with Gasteiger partial charge in [0.15, 0.2) is 0 Å². The summed E-state index contributed by atoms with van der Waals surface area (Å²) in [4.78, 5) is 24.6. The zero-order valence-corrected chi connectivity index (χ0v) is 11.6. The molecular weight excluding hydrogens is 323 g/mol. The third-order valence-electron chi connectivity index (χ3n) is 2.42. The molecule has 1 aromatic heterocycles. The Morgan fingerprint density at radius 2 is 2.10 bits per heavy atom. The molecule has 0 aliphatic heterocycles. The van der Waals surface area contributed by atoms with Crippen LogP contribution in [0.25, 0.3) is 0 Å². The number of hydrogen-bond donors (Lipinski definition) is 1. The molecule has 2 aromatic rings. The third kappa shape index (κ3) is 3.21. The molecule has 0 aliphatic rings. The van der Waals surface area contributed by atoms with Gasteiger partial charge in [0.1, 0.15) is 22.5 Å². The zero-order valence-electron chi connectivity index (χ0n) is 10.1. The number of carbonyl (C=O) groups is 1. The van der Waals surface area contributed by atoms with Crippen LogP contribution in [0.5, 0.6) is 11.6 Å². The molecule has 0 radical (unpaired) electrons. The van der Waals surface area contributed by atoms with Crippen molar-refractivity contribution in [3.05, 3.63) is 56.2 Å².